The van der Waals surface area contributed by atoms with Gasteiger partial charge in [0.25, 0.3) is 0 Å². The van der Waals surface area contributed by atoms with Crippen molar-refractivity contribution in [2.45, 2.75) is 6.54 Å². The van der Waals surface area contributed by atoms with Crippen molar-refractivity contribution >= 4 is 28.4 Å². The predicted molar refractivity (Wildman–Crippen MR) is 63.1 cm³/mol. The molecule has 0 saturated heterocycles. The molecular formula is C8H9IN6. The second-order valence-electron chi connectivity index (χ2n) is 2.93. The lowest BCUT2D eigenvalue weighted by Gasteiger charge is -2.05. The van der Waals surface area contributed by atoms with E-state index in [4.69, 9.17) is 0 Å². The lowest BCUT2D eigenvalue weighted by molar-refractivity contribution is 0.809. The van der Waals surface area contributed by atoms with Crippen LogP contribution in [0.25, 0.3) is 0 Å². The average molecular weight is 316 g/mol. The number of anilines is 1. The molecular weight excluding hydrogens is 307 g/mol. The highest BCUT2D eigenvalue weighted by Gasteiger charge is 2.03. The van der Waals surface area contributed by atoms with Crippen molar-refractivity contribution in [1.29, 1.82) is 0 Å². The van der Waals surface area contributed by atoms with Gasteiger partial charge in [0.1, 0.15) is 18.5 Å². The summed E-state index contributed by atoms with van der Waals surface area (Å²) >= 11 is 2.18. The van der Waals surface area contributed by atoms with Gasteiger partial charge in [0, 0.05) is 13.2 Å². The molecule has 0 radical (unpaired) electrons. The summed E-state index contributed by atoms with van der Waals surface area (Å²) in [5.74, 6) is 1.68. The van der Waals surface area contributed by atoms with E-state index in [-0.39, 0.29) is 0 Å². The highest BCUT2D eigenvalue weighted by atomic mass is 127. The summed E-state index contributed by atoms with van der Waals surface area (Å²) in [6.07, 6.45) is 4.94. The molecule has 1 N–H and O–H groups in total. The highest BCUT2D eigenvalue weighted by molar-refractivity contribution is 14.1. The van der Waals surface area contributed by atoms with E-state index in [9.17, 15) is 0 Å². The number of rotatable bonds is 3. The molecule has 0 fully saturated rings. The quantitative estimate of drug-likeness (QED) is 0.849. The van der Waals surface area contributed by atoms with Gasteiger partial charge in [-0.3, -0.25) is 0 Å². The molecule has 2 aromatic rings. The Balaban J connectivity index is 2.06. The molecule has 2 rings (SSSR count). The van der Waals surface area contributed by atoms with Crippen molar-refractivity contribution in [1.82, 2.24) is 24.7 Å². The van der Waals surface area contributed by atoms with Gasteiger partial charge in [0.15, 0.2) is 5.82 Å². The van der Waals surface area contributed by atoms with Crippen molar-refractivity contribution in [3.8, 4) is 0 Å². The van der Waals surface area contributed by atoms with Crippen LogP contribution in [-0.2, 0) is 13.6 Å². The monoisotopic (exact) mass is 316 g/mol. The largest absolute Gasteiger partial charge is 0.362 e. The zero-order chi connectivity index (χ0) is 10.7. The molecule has 0 atom stereocenters. The van der Waals surface area contributed by atoms with Gasteiger partial charge < -0.3 is 9.88 Å². The summed E-state index contributed by atoms with van der Waals surface area (Å²) < 4.78 is 2.85. The number of hydrogen-bond donors (Lipinski definition) is 1. The molecule has 7 heteroatoms. The second-order valence-corrected chi connectivity index (χ2v) is 4.09. The van der Waals surface area contributed by atoms with Crippen LogP contribution in [0.3, 0.4) is 0 Å². The first-order chi connectivity index (χ1) is 7.27. The molecule has 15 heavy (non-hydrogen) atoms. The first kappa shape index (κ1) is 10.3. The molecule has 0 aromatic carbocycles. The molecule has 2 heterocycles. The number of nitrogens with one attached hydrogen (secondary N) is 1. The van der Waals surface area contributed by atoms with E-state index in [1.807, 2.05) is 11.6 Å². The first-order valence-electron chi connectivity index (χ1n) is 4.29. The maximum Gasteiger partial charge on any atom is 0.151 e. The molecule has 0 aliphatic rings. The summed E-state index contributed by atoms with van der Waals surface area (Å²) in [5.41, 5.74) is 0. The average Bonchev–Trinajstić information content (AvgIpc) is 2.63. The van der Waals surface area contributed by atoms with Crippen LogP contribution in [0.1, 0.15) is 5.82 Å². The zero-order valence-electron chi connectivity index (χ0n) is 8.05. The third-order valence-corrected chi connectivity index (χ3v) is 2.68. The van der Waals surface area contributed by atoms with Crippen LogP contribution in [0.5, 0.6) is 0 Å². The van der Waals surface area contributed by atoms with Crippen molar-refractivity contribution < 1.29 is 0 Å². The Labute approximate surface area is 100 Å². The fourth-order valence-electron chi connectivity index (χ4n) is 1.07. The van der Waals surface area contributed by atoms with Crippen molar-refractivity contribution in [2.75, 3.05) is 5.32 Å². The SMILES string of the molecule is Cn1cnnc1CNc1ncncc1I. The molecule has 2 aromatic heterocycles. The van der Waals surface area contributed by atoms with Crippen molar-refractivity contribution in [2.24, 2.45) is 7.05 Å². The van der Waals surface area contributed by atoms with E-state index in [0.717, 1.165) is 15.2 Å². The fraction of sp³-hybridized carbons (Fsp3) is 0.250. The molecule has 0 aliphatic heterocycles. The van der Waals surface area contributed by atoms with Crippen LogP contribution >= 0.6 is 22.6 Å². The standard InChI is InChI=1S/C8H9IN6/c1-15-5-13-14-7(15)3-11-8-6(9)2-10-4-12-8/h2,4-5H,3H2,1H3,(H,10,11,12). The number of aryl methyl sites for hydroxylation is 1. The van der Waals surface area contributed by atoms with E-state index in [2.05, 4.69) is 48.1 Å². The summed E-state index contributed by atoms with van der Waals surface area (Å²) in [6.45, 7) is 0.601. The van der Waals surface area contributed by atoms with E-state index >= 15 is 0 Å². The maximum absolute atomic E-state index is 4.12. The predicted octanol–water partition coefficient (Wildman–Crippen LogP) is 0.822. The van der Waals surface area contributed by atoms with Gasteiger partial charge in [0.05, 0.1) is 10.1 Å². The van der Waals surface area contributed by atoms with E-state index in [1.165, 1.54) is 6.33 Å². The lowest BCUT2D eigenvalue weighted by Crippen LogP contribution is -2.07. The normalized spacial score (nSPS) is 10.3. The first-order valence-corrected chi connectivity index (χ1v) is 5.37. The van der Waals surface area contributed by atoms with Crippen LogP contribution in [-0.4, -0.2) is 24.7 Å². The molecule has 0 amide bonds. The minimum Gasteiger partial charge on any atom is -0.362 e. The van der Waals surface area contributed by atoms with E-state index in [0.29, 0.717) is 6.54 Å². The second kappa shape index (κ2) is 4.51. The van der Waals surface area contributed by atoms with Gasteiger partial charge in [0.2, 0.25) is 0 Å². The topological polar surface area (TPSA) is 68.5 Å². The van der Waals surface area contributed by atoms with Gasteiger partial charge in [-0.2, -0.15) is 0 Å². The Kier molecular flexibility index (Phi) is 3.09. The number of nitrogens with zero attached hydrogens (tertiary/aromatic N) is 5. The minimum atomic E-state index is 0.601. The number of halogens is 1. The summed E-state index contributed by atoms with van der Waals surface area (Å²) in [5, 5.41) is 10.9. The van der Waals surface area contributed by atoms with Crippen LogP contribution in [0.2, 0.25) is 0 Å². The Bertz CT molecular complexity index is 454. The Morgan fingerprint density at radius 2 is 2.40 bits per heavy atom. The lowest BCUT2D eigenvalue weighted by atomic mass is 10.5. The molecule has 0 unspecified atom stereocenters. The summed E-state index contributed by atoms with van der Waals surface area (Å²) in [4.78, 5) is 8.04. The molecule has 0 saturated carbocycles. The van der Waals surface area contributed by atoms with Gasteiger partial charge in [-0.15, -0.1) is 10.2 Å². The molecule has 0 bridgehead atoms. The minimum absolute atomic E-state index is 0.601. The van der Waals surface area contributed by atoms with Crippen LogP contribution in [0.4, 0.5) is 5.82 Å². The van der Waals surface area contributed by atoms with Crippen LogP contribution in [0.15, 0.2) is 18.9 Å². The molecule has 6 nitrogen and oxygen atoms in total. The highest BCUT2D eigenvalue weighted by Crippen LogP contribution is 2.12. The summed E-state index contributed by atoms with van der Waals surface area (Å²) in [6, 6.07) is 0. The fourth-order valence-corrected chi connectivity index (χ4v) is 1.56. The number of aromatic nitrogens is 5. The van der Waals surface area contributed by atoms with E-state index < -0.39 is 0 Å². The summed E-state index contributed by atoms with van der Waals surface area (Å²) in [7, 11) is 1.90. The van der Waals surface area contributed by atoms with Crippen molar-refractivity contribution in [3.05, 3.63) is 28.2 Å². The van der Waals surface area contributed by atoms with Crippen molar-refractivity contribution in [3.63, 3.8) is 0 Å². The van der Waals surface area contributed by atoms with Crippen LogP contribution in [0, 0.1) is 3.57 Å². The molecule has 0 aliphatic carbocycles. The zero-order valence-corrected chi connectivity index (χ0v) is 10.2. The van der Waals surface area contributed by atoms with Gasteiger partial charge in [-0.25, -0.2) is 9.97 Å². The Morgan fingerprint density at radius 1 is 1.53 bits per heavy atom. The van der Waals surface area contributed by atoms with Crippen LogP contribution < -0.4 is 5.32 Å². The van der Waals surface area contributed by atoms with E-state index in [1.54, 1.807) is 12.5 Å². The Morgan fingerprint density at radius 3 is 3.07 bits per heavy atom. The molecule has 0 spiro atoms. The third kappa shape index (κ3) is 2.41. The third-order valence-electron chi connectivity index (χ3n) is 1.89. The smallest absolute Gasteiger partial charge is 0.151 e. The van der Waals surface area contributed by atoms with Gasteiger partial charge >= 0.3 is 0 Å². The maximum atomic E-state index is 4.12. The Hall–Kier alpha value is -1.25. The molecule has 78 valence electrons. The number of hydrogen-bond acceptors (Lipinski definition) is 5. The van der Waals surface area contributed by atoms with Gasteiger partial charge in [-0.1, -0.05) is 0 Å². The van der Waals surface area contributed by atoms with Gasteiger partial charge in [-0.05, 0) is 22.6 Å².